The molecule has 1 amide bonds. The molecule has 4 rings (SSSR count). The molecule has 3 aromatic rings. The molecule has 1 aliphatic heterocycles. The van der Waals surface area contributed by atoms with Gasteiger partial charge in [-0.3, -0.25) is 9.78 Å². The molecule has 0 saturated carbocycles. The third-order valence-corrected chi connectivity index (χ3v) is 8.66. The number of benzene rings is 2. The number of rotatable bonds is 6. The van der Waals surface area contributed by atoms with Crippen molar-refractivity contribution in [1.29, 1.82) is 0 Å². The summed E-state index contributed by atoms with van der Waals surface area (Å²) in [6.45, 7) is 0.617. The molecule has 1 saturated heterocycles. The molecule has 0 unspecified atom stereocenters. The van der Waals surface area contributed by atoms with E-state index in [4.69, 9.17) is 23.2 Å². The number of nitrogens with one attached hydrogen (secondary N) is 1. The first-order valence-corrected chi connectivity index (χ1v) is 12.7. The van der Waals surface area contributed by atoms with E-state index < -0.39 is 15.4 Å². The van der Waals surface area contributed by atoms with Crippen LogP contribution >= 0.6 is 23.2 Å². The van der Waals surface area contributed by atoms with Gasteiger partial charge in [0.25, 0.3) is 0 Å². The summed E-state index contributed by atoms with van der Waals surface area (Å²) in [5.41, 5.74) is 0.579. The standard InChI is InChI=1S/C24H23Cl2N3O3S/c25-21-16-27-17-22(26)20(21)15-28-23(30)24(18-7-3-1-4-8-18)11-13-29(14-12-24)33(31,32)19-9-5-2-6-10-19/h1-10,16-17H,11-15H2,(H,28,30). The lowest BCUT2D eigenvalue weighted by atomic mass is 9.72. The molecule has 1 aromatic heterocycles. The minimum atomic E-state index is -3.63. The van der Waals surface area contributed by atoms with Crippen molar-refractivity contribution in [3.8, 4) is 0 Å². The van der Waals surface area contributed by atoms with Crippen LogP contribution in [0.3, 0.4) is 0 Å². The summed E-state index contributed by atoms with van der Waals surface area (Å²) in [4.78, 5) is 17.8. The fraction of sp³-hybridized carbons (Fsp3) is 0.250. The highest BCUT2D eigenvalue weighted by Gasteiger charge is 2.45. The topological polar surface area (TPSA) is 79.4 Å². The summed E-state index contributed by atoms with van der Waals surface area (Å²) in [6.07, 6.45) is 3.67. The van der Waals surface area contributed by atoms with Crippen molar-refractivity contribution in [1.82, 2.24) is 14.6 Å². The van der Waals surface area contributed by atoms with E-state index in [1.807, 2.05) is 30.3 Å². The van der Waals surface area contributed by atoms with Gasteiger partial charge in [-0.25, -0.2) is 8.42 Å². The Kier molecular flexibility index (Phi) is 7.05. The number of carbonyl (C=O) groups excluding carboxylic acids is 1. The monoisotopic (exact) mass is 503 g/mol. The largest absolute Gasteiger partial charge is 0.351 e. The van der Waals surface area contributed by atoms with Crippen molar-refractivity contribution in [2.45, 2.75) is 29.7 Å². The third-order valence-electron chi connectivity index (χ3n) is 6.10. The SMILES string of the molecule is O=C(NCc1c(Cl)cncc1Cl)C1(c2ccccc2)CCN(S(=O)(=O)c2ccccc2)CC1. The van der Waals surface area contributed by atoms with Crippen molar-refractivity contribution in [2.24, 2.45) is 0 Å². The van der Waals surface area contributed by atoms with Gasteiger partial charge in [-0.15, -0.1) is 0 Å². The summed E-state index contributed by atoms with van der Waals surface area (Å²) in [5.74, 6) is -0.186. The van der Waals surface area contributed by atoms with E-state index in [1.54, 1.807) is 30.3 Å². The Morgan fingerprint density at radius 3 is 2.06 bits per heavy atom. The Balaban J connectivity index is 1.57. The maximum absolute atomic E-state index is 13.6. The van der Waals surface area contributed by atoms with Crippen molar-refractivity contribution in [2.75, 3.05) is 13.1 Å². The van der Waals surface area contributed by atoms with Crippen molar-refractivity contribution in [3.63, 3.8) is 0 Å². The summed E-state index contributed by atoms with van der Waals surface area (Å²) in [6, 6.07) is 17.8. The molecule has 6 nitrogen and oxygen atoms in total. The zero-order valence-corrected chi connectivity index (χ0v) is 20.1. The van der Waals surface area contributed by atoms with E-state index in [9.17, 15) is 13.2 Å². The zero-order chi connectivity index (χ0) is 23.5. The van der Waals surface area contributed by atoms with Gasteiger partial charge in [0.05, 0.1) is 20.4 Å². The average Bonchev–Trinajstić information content (AvgIpc) is 2.84. The molecule has 0 spiro atoms. The smallest absolute Gasteiger partial charge is 0.243 e. The number of pyridine rings is 1. The summed E-state index contributed by atoms with van der Waals surface area (Å²) < 4.78 is 27.6. The van der Waals surface area contributed by atoms with E-state index in [0.29, 0.717) is 28.5 Å². The zero-order valence-electron chi connectivity index (χ0n) is 17.7. The van der Waals surface area contributed by atoms with Gasteiger partial charge >= 0.3 is 0 Å². The van der Waals surface area contributed by atoms with E-state index in [-0.39, 0.29) is 30.4 Å². The first kappa shape index (κ1) is 23.7. The molecule has 0 atom stereocenters. The fourth-order valence-corrected chi connectivity index (χ4v) is 6.16. The minimum Gasteiger partial charge on any atom is -0.351 e. The van der Waals surface area contributed by atoms with Gasteiger partial charge in [-0.1, -0.05) is 71.7 Å². The molecule has 1 N–H and O–H groups in total. The molecule has 0 bridgehead atoms. The van der Waals surface area contributed by atoms with Crippen LogP contribution in [0.25, 0.3) is 0 Å². The highest BCUT2D eigenvalue weighted by molar-refractivity contribution is 7.89. The number of piperidine rings is 1. The average molecular weight is 504 g/mol. The van der Waals surface area contributed by atoms with Crippen molar-refractivity contribution < 1.29 is 13.2 Å². The van der Waals surface area contributed by atoms with Gasteiger partial charge in [0.1, 0.15) is 0 Å². The molecule has 172 valence electrons. The number of hydrogen-bond donors (Lipinski definition) is 1. The lowest BCUT2D eigenvalue weighted by molar-refractivity contribution is -0.128. The van der Waals surface area contributed by atoms with Crippen LogP contribution in [0.1, 0.15) is 24.0 Å². The Morgan fingerprint density at radius 2 is 1.48 bits per heavy atom. The van der Waals surface area contributed by atoms with Gasteiger partial charge in [0.15, 0.2) is 0 Å². The summed E-state index contributed by atoms with van der Waals surface area (Å²) in [7, 11) is -3.63. The van der Waals surface area contributed by atoms with E-state index in [2.05, 4.69) is 10.3 Å². The predicted octanol–water partition coefficient (Wildman–Crippen LogP) is 4.43. The van der Waals surface area contributed by atoms with Gasteiger partial charge in [0.2, 0.25) is 15.9 Å². The molecule has 2 aromatic carbocycles. The third kappa shape index (κ3) is 4.77. The maximum atomic E-state index is 13.6. The molecular weight excluding hydrogens is 481 g/mol. The van der Waals surface area contributed by atoms with E-state index >= 15 is 0 Å². The minimum absolute atomic E-state index is 0.152. The van der Waals surface area contributed by atoms with Crippen LogP contribution in [0.15, 0.2) is 78.0 Å². The van der Waals surface area contributed by atoms with Crippen LogP contribution in [0.5, 0.6) is 0 Å². The van der Waals surface area contributed by atoms with Crippen LogP contribution in [0.4, 0.5) is 0 Å². The van der Waals surface area contributed by atoms with Crippen LogP contribution in [0.2, 0.25) is 10.0 Å². The number of carbonyl (C=O) groups is 1. The molecule has 9 heteroatoms. The molecular formula is C24H23Cl2N3O3S. The van der Waals surface area contributed by atoms with E-state index in [1.165, 1.54) is 16.7 Å². The van der Waals surface area contributed by atoms with Crippen molar-refractivity contribution >= 4 is 39.1 Å². The molecule has 1 aliphatic rings. The Hall–Kier alpha value is -2.45. The molecule has 33 heavy (non-hydrogen) atoms. The summed E-state index contributed by atoms with van der Waals surface area (Å²) in [5, 5.41) is 3.72. The highest BCUT2D eigenvalue weighted by atomic mass is 35.5. The van der Waals surface area contributed by atoms with Crippen LogP contribution in [-0.4, -0.2) is 36.7 Å². The Morgan fingerprint density at radius 1 is 0.939 bits per heavy atom. The highest BCUT2D eigenvalue weighted by Crippen LogP contribution is 2.38. The second-order valence-corrected chi connectivity index (χ2v) is 10.7. The lowest BCUT2D eigenvalue weighted by Gasteiger charge is -2.40. The normalized spacial score (nSPS) is 16.3. The lowest BCUT2D eigenvalue weighted by Crippen LogP contribution is -2.52. The summed E-state index contributed by atoms with van der Waals surface area (Å²) >= 11 is 12.4. The first-order chi connectivity index (χ1) is 15.8. The molecule has 1 fully saturated rings. The van der Waals surface area contributed by atoms with Crippen LogP contribution in [-0.2, 0) is 26.8 Å². The Bertz CT molecular complexity index is 1210. The fourth-order valence-electron chi connectivity index (χ4n) is 4.20. The van der Waals surface area contributed by atoms with Gasteiger partial charge in [0, 0.05) is 37.6 Å². The van der Waals surface area contributed by atoms with Gasteiger partial charge in [-0.05, 0) is 30.5 Å². The number of hydrogen-bond acceptors (Lipinski definition) is 4. The van der Waals surface area contributed by atoms with Crippen LogP contribution in [0, 0.1) is 0 Å². The number of halogens is 2. The first-order valence-electron chi connectivity index (χ1n) is 10.5. The predicted molar refractivity (Wildman–Crippen MR) is 129 cm³/mol. The molecule has 2 heterocycles. The van der Waals surface area contributed by atoms with Crippen LogP contribution < -0.4 is 5.32 Å². The van der Waals surface area contributed by atoms with Gasteiger partial charge in [-0.2, -0.15) is 4.31 Å². The van der Waals surface area contributed by atoms with Crippen molar-refractivity contribution in [3.05, 3.63) is 94.2 Å². The Labute approximate surface area is 203 Å². The number of amides is 1. The second-order valence-electron chi connectivity index (χ2n) is 7.93. The number of sulfonamides is 1. The van der Waals surface area contributed by atoms with E-state index in [0.717, 1.165) is 5.56 Å². The maximum Gasteiger partial charge on any atom is 0.243 e. The molecule has 0 radical (unpaired) electrons. The van der Waals surface area contributed by atoms with Gasteiger partial charge < -0.3 is 5.32 Å². The number of nitrogens with zero attached hydrogens (tertiary/aromatic N) is 2. The second kappa shape index (κ2) is 9.81. The quantitative estimate of drug-likeness (QED) is 0.539. The molecule has 0 aliphatic carbocycles. The number of aromatic nitrogens is 1.